The van der Waals surface area contributed by atoms with Gasteiger partial charge in [0.05, 0.1) is 16.6 Å². The second kappa shape index (κ2) is 5.12. The van der Waals surface area contributed by atoms with Crippen LogP contribution in [0.1, 0.15) is 20.8 Å². The Balaban J connectivity index is 2.43. The third-order valence-electron chi connectivity index (χ3n) is 2.63. The van der Waals surface area contributed by atoms with Crippen LogP contribution in [0.25, 0.3) is 0 Å². The maximum atomic E-state index is 12.3. The number of hydrogen-bond donors (Lipinski definition) is 1. The first-order chi connectivity index (χ1) is 8.52. The molecule has 2 rings (SSSR count). The van der Waals surface area contributed by atoms with Crippen LogP contribution in [0.2, 0.25) is 0 Å². The third kappa shape index (κ3) is 2.42. The van der Waals surface area contributed by atoms with Crippen molar-refractivity contribution in [2.24, 2.45) is 0 Å². The van der Waals surface area contributed by atoms with Crippen LogP contribution in [0.15, 0.2) is 28.1 Å². The first kappa shape index (κ1) is 13.1. The smallest absolute Gasteiger partial charge is 0.194 e. The fraction of sp³-hybridized carbons (Fsp3) is 0.154. The Hall–Kier alpha value is -1.33. The summed E-state index contributed by atoms with van der Waals surface area (Å²) in [5, 5.41) is 0. The molecule has 0 aliphatic rings. The molecule has 94 valence electrons. The van der Waals surface area contributed by atoms with E-state index in [0.29, 0.717) is 22.6 Å². The first-order valence-electron chi connectivity index (χ1n) is 5.27. The van der Waals surface area contributed by atoms with Gasteiger partial charge in [-0.1, -0.05) is 0 Å². The second-order valence-electron chi connectivity index (χ2n) is 3.81. The lowest BCUT2D eigenvalue weighted by Gasteiger charge is -2.06. The summed E-state index contributed by atoms with van der Waals surface area (Å²) in [6.45, 7) is 1.93. The molecule has 0 saturated heterocycles. The number of ether oxygens (including phenoxy) is 1. The highest BCUT2D eigenvalue weighted by Gasteiger charge is 2.15. The number of thiophene rings is 1. The van der Waals surface area contributed by atoms with E-state index in [2.05, 4.69) is 15.9 Å². The molecular formula is C13H12BrNO2S. The molecule has 0 saturated carbocycles. The van der Waals surface area contributed by atoms with Crippen molar-refractivity contribution in [3.05, 3.63) is 44.1 Å². The van der Waals surface area contributed by atoms with Crippen molar-refractivity contribution in [2.75, 3.05) is 12.8 Å². The molecule has 1 heterocycles. The van der Waals surface area contributed by atoms with Gasteiger partial charge in [-0.2, -0.15) is 0 Å². The SMILES string of the molecule is COc1cc(C(=O)c2cc(Br)sc2C)ccc1N. The van der Waals surface area contributed by atoms with Gasteiger partial charge in [0.15, 0.2) is 5.78 Å². The molecule has 0 atom stereocenters. The van der Waals surface area contributed by atoms with Crippen LogP contribution in [0.3, 0.4) is 0 Å². The summed E-state index contributed by atoms with van der Waals surface area (Å²) in [5.74, 6) is 0.501. The molecule has 1 aromatic carbocycles. The molecule has 18 heavy (non-hydrogen) atoms. The molecular weight excluding hydrogens is 314 g/mol. The van der Waals surface area contributed by atoms with Gasteiger partial charge in [0, 0.05) is 16.0 Å². The van der Waals surface area contributed by atoms with Crippen molar-refractivity contribution in [1.29, 1.82) is 0 Å². The summed E-state index contributed by atoms with van der Waals surface area (Å²) in [6, 6.07) is 6.90. The number of ketones is 1. The number of carbonyl (C=O) groups is 1. The topological polar surface area (TPSA) is 52.3 Å². The fourth-order valence-electron chi connectivity index (χ4n) is 1.68. The summed E-state index contributed by atoms with van der Waals surface area (Å²) in [6.07, 6.45) is 0. The molecule has 0 aliphatic carbocycles. The van der Waals surface area contributed by atoms with Gasteiger partial charge >= 0.3 is 0 Å². The second-order valence-corrected chi connectivity index (χ2v) is 6.44. The number of aryl methyl sites for hydroxylation is 1. The first-order valence-corrected chi connectivity index (χ1v) is 6.88. The number of nitrogen functional groups attached to an aromatic ring is 1. The molecule has 5 heteroatoms. The maximum absolute atomic E-state index is 12.3. The largest absolute Gasteiger partial charge is 0.495 e. The molecule has 0 unspecified atom stereocenters. The number of anilines is 1. The maximum Gasteiger partial charge on any atom is 0.194 e. The summed E-state index contributed by atoms with van der Waals surface area (Å²) in [5.41, 5.74) is 7.54. The summed E-state index contributed by atoms with van der Waals surface area (Å²) >= 11 is 4.93. The van der Waals surface area contributed by atoms with Gasteiger partial charge in [0.1, 0.15) is 5.75 Å². The molecule has 1 aromatic heterocycles. The number of methoxy groups -OCH3 is 1. The van der Waals surface area contributed by atoms with Gasteiger partial charge in [-0.25, -0.2) is 0 Å². The van der Waals surface area contributed by atoms with Crippen molar-refractivity contribution < 1.29 is 9.53 Å². The van der Waals surface area contributed by atoms with Gasteiger partial charge in [0.25, 0.3) is 0 Å². The summed E-state index contributed by atoms with van der Waals surface area (Å²) in [4.78, 5) is 13.3. The van der Waals surface area contributed by atoms with Gasteiger partial charge in [-0.05, 0) is 47.1 Å². The molecule has 0 fully saturated rings. The molecule has 0 bridgehead atoms. The standard InChI is InChI=1S/C13H12BrNO2S/c1-7-9(6-12(14)18-7)13(16)8-3-4-10(15)11(5-8)17-2/h3-6H,15H2,1-2H3. The van der Waals surface area contributed by atoms with Crippen LogP contribution >= 0.6 is 27.3 Å². The zero-order chi connectivity index (χ0) is 13.3. The minimum absolute atomic E-state index is 0.0206. The van der Waals surface area contributed by atoms with E-state index in [1.54, 1.807) is 29.5 Å². The van der Waals surface area contributed by atoms with E-state index in [0.717, 1.165) is 8.66 Å². The lowest BCUT2D eigenvalue weighted by atomic mass is 10.0. The van der Waals surface area contributed by atoms with Crippen molar-refractivity contribution in [3.8, 4) is 5.75 Å². The normalized spacial score (nSPS) is 10.4. The van der Waals surface area contributed by atoms with Crippen molar-refractivity contribution in [1.82, 2.24) is 0 Å². The summed E-state index contributed by atoms with van der Waals surface area (Å²) in [7, 11) is 1.53. The molecule has 0 aliphatic heterocycles. The average Bonchev–Trinajstić information content (AvgIpc) is 2.68. The van der Waals surface area contributed by atoms with Crippen molar-refractivity contribution in [2.45, 2.75) is 6.92 Å². The lowest BCUT2D eigenvalue weighted by molar-refractivity contribution is 0.103. The highest BCUT2D eigenvalue weighted by Crippen LogP contribution is 2.30. The van der Waals surface area contributed by atoms with E-state index in [-0.39, 0.29) is 5.78 Å². The van der Waals surface area contributed by atoms with Crippen LogP contribution in [-0.2, 0) is 0 Å². The van der Waals surface area contributed by atoms with Crippen molar-refractivity contribution in [3.63, 3.8) is 0 Å². The van der Waals surface area contributed by atoms with Crippen LogP contribution in [0.4, 0.5) is 5.69 Å². The Morgan fingerprint density at radius 3 is 2.67 bits per heavy atom. The number of nitrogens with two attached hydrogens (primary N) is 1. The van der Waals surface area contributed by atoms with Crippen molar-refractivity contribution >= 4 is 38.7 Å². The van der Waals surface area contributed by atoms with Gasteiger partial charge in [-0.3, -0.25) is 4.79 Å². The minimum atomic E-state index is -0.0206. The Labute approximate surface area is 118 Å². The third-order valence-corrected chi connectivity index (χ3v) is 4.18. The number of carbonyl (C=O) groups excluding carboxylic acids is 1. The lowest BCUT2D eigenvalue weighted by Crippen LogP contribution is -2.03. The predicted molar refractivity (Wildman–Crippen MR) is 77.6 cm³/mol. The van der Waals surface area contributed by atoms with Crippen LogP contribution < -0.4 is 10.5 Å². The van der Waals surface area contributed by atoms with Gasteiger partial charge < -0.3 is 10.5 Å². The van der Waals surface area contributed by atoms with Gasteiger partial charge in [0.2, 0.25) is 0 Å². The minimum Gasteiger partial charge on any atom is -0.495 e. The molecule has 3 nitrogen and oxygen atoms in total. The quantitative estimate of drug-likeness (QED) is 0.692. The molecule has 0 radical (unpaired) electrons. The van der Waals surface area contributed by atoms with E-state index >= 15 is 0 Å². The van der Waals surface area contributed by atoms with Crippen LogP contribution in [0.5, 0.6) is 5.75 Å². The fourth-order valence-corrected chi connectivity index (χ4v) is 3.37. The average molecular weight is 326 g/mol. The molecule has 2 aromatic rings. The van der Waals surface area contributed by atoms with Crippen LogP contribution in [0, 0.1) is 6.92 Å². The van der Waals surface area contributed by atoms with E-state index in [1.807, 2.05) is 13.0 Å². The number of hydrogen-bond acceptors (Lipinski definition) is 4. The highest BCUT2D eigenvalue weighted by molar-refractivity contribution is 9.11. The molecule has 0 amide bonds. The zero-order valence-corrected chi connectivity index (χ0v) is 12.4. The molecule has 0 spiro atoms. The van der Waals surface area contributed by atoms with Crippen LogP contribution in [-0.4, -0.2) is 12.9 Å². The van der Waals surface area contributed by atoms with Gasteiger partial charge in [-0.15, -0.1) is 11.3 Å². The Bertz CT molecular complexity index is 607. The van der Waals surface area contributed by atoms with E-state index in [9.17, 15) is 4.79 Å². The predicted octanol–water partition coefficient (Wildman–Crippen LogP) is 3.64. The number of benzene rings is 1. The summed E-state index contributed by atoms with van der Waals surface area (Å²) < 4.78 is 6.07. The monoisotopic (exact) mass is 325 g/mol. The number of rotatable bonds is 3. The Morgan fingerprint density at radius 2 is 2.11 bits per heavy atom. The van der Waals surface area contributed by atoms with E-state index < -0.39 is 0 Å². The Morgan fingerprint density at radius 1 is 1.39 bits per heavy atom. The van der Waals surface area contributed by atoms with E-state index in [1.165, 1.54) is 7.11 Å². The Kier molecular flexibility index (Phi) is 3.73. The number of halogens is 1. The molecule has 2 N–H and O–H groups in total. The zero-order valence-electron chi connectivity index (χ0n) is 9.99. The highest BCUT2D eigenvalue weighted by atomic mass is 79.9. The van der Waals surface area contributed by atoms with E-state index in [4.69, 9.17) is 10.5 Å².